The van der Waals surface area contributed by atoms with Crippen LogP contribution in [0.2, 0.25) is 0 Å². The maximum absolute atomic E-state index is 13.1. The van der Waals surface area contributed by atoms with Gasteiger partial charge in [0.2, 0.25) is 5.91 Å². The molecule has 0 bridgehead atoms. The summed E-state index contributed by atoms with van der Waals surface area (Å²) in [7, 11) is 1.64. The Labute approximate surface area is 224 Å². The Morgan fingerprint density at radius 1 is 0.973 bits per heavy atom. The number of benzene rings is 3. The normalized spacial score (nSPS) is 13.4. The zero-order valence-electron chi connectivity index (χ0n) is 20.6. The summed E-state index contributed by atoms with van der Waals surface area (Å²) in [6.07, 6.45) is 1.25. The minimum atomic E-state index is -0.0210. The lowest BCUT2D eigenvalue weighted by molar-refractivity contribution is -0.115. The highest BCUT2D eigenvalue weighted by molar-refractivity contribution is 7.22. The van der Waals surface area contributed by atoms with E-state index in [1.165, 1.54) is 16.0 Å². The molecule has 1 N–H and O–H groups in total. The molecule has 1 aliphatic heterocycles. The Morgan fingerprint density at radius 3 is 2.54 bits per heavy atom. The van der Waals surface area contributed by atoms with Gasteiger partial charge >= 0.3 is 0 Å². The van der Waals surface area contributed by atoms with Crippen LogP contribution in [-0.2, 0) is 30.7 Å². The molecule has 186 valence electrons. The minimum absolute atomic E-state index is 0.0210. The number of nitrogens with zero attached hydrogens (tertiary/aromatic N) is 2. The van der Waals surface area contributed by atoms with Crippen LogP contribution in [0.1, 0.15) is 21.6 Å². The van der Waals surface area contributed by atoms with Gasteiger partial charge in [-0.15, -0.1) is 22.7 Å². The molecule has 7 heteroatoms. The van der Waals surface area contributed by atoms with Crippen molar-refractivity contribution >= 4 is 43.8 Å². The Morgan fingerprint density at radius 2 is 1.76 bits per heavy atom. The summed E-state index contributed by atoms with van der Waals surface area (Å²) in [5.74, 6) is 0.764. The number of hydrogen-bond acceptors (Lipinski definition) is 6. The molecular weight excluding hydrogens is 498 g/mol. The number of para-hydroxylation sites is 1. The zero-order chi connectivity index (χ0) is 25.2. The van der Waals surface area contributed by atoms with E-state index in [-0.39, 0.29) is 5.91 Å². The van der Waals surface area contributed by atoms with Crippen LogP contribution in [0.3, 0.4) is 0 Å². The number of ether oxygens (including phenoxy) is 1. The number of aromatic nitrogens is 1. The Hall–Kier alpha value is -3.52. The quantitative estimate of drug-likeness (QED) is 0.255. The van der Waals surface area contributed by atoms with E-state index in [0.717, 1.165) is 63.2 Å². The van der Waals surface area contributed by atoms with Crippen LogP contribution in [0, 0.1) is 0 Å². The molecule has 0 saturated heterocycles. The number of fused-ring (bicyclic) bond motifs is 2. The summed E-state index contributed by atoms with van der Waals surface area (Å²) < 4.78 is 6.40. The van der Waals surface area contributed by atoms with E-state index in [1.54, 1.807) is 29.8 Å². The Balaban J connectivity index is 1.30. The number of amides is 1. The van der Waals surface area contributed by atoms with Crippen molar-refractivity contribution in [2.24, 2.45) is 0 Å². The van der Waals surface area contributed by atoms with Crippen LogP contribution in [0.15, 0.2) is 78.9 Å². The van der Waals surface area contributed by atoms with Crippen LogP contribution in [0.5, 0.6) is 5.75 Å². The highest BCUT2D eigenvalue weighted by Gasteiger charge is 2.28. The number of carbonyl (C=O) groups excluding carboxylic acids is 1. The van der Waals surface area contributed by atoms with Crippen molar-refractivity contribution in [3.05, 3.63) is 100 Å². The summed E-state index contributed by atoms with van der Waals surface area (Å²) in [6.45, 7) is 2.78. The molecule has 2 aromatic heterocycles. The smallest absolute Gasteiger partial charge is 0.229 e. The van der Waals surface area contributed by atoms with Gasteiger partial charge in [-0.3, -0.25) is 9.69 Å². The first kappa shape index (κ1) is 23.9. The van der Waals surface area contributed by atoms with Crippen LogP contribution < -0.4 is 10.1 Å². The van der Waals surface area contributed by atoms with Gasteiger partial charge in [0.1, 0.15) is 15.8 Å². The van der Waals surface area contributed by atoms with Gasteiger partial charge in [0.25, 0.3) is 0 Å². The first-order valence-corrected chi connectivity index (χ1v) is 14.0. The fraction of sp³-hybridized carbons (Fsp3) is 0.200. The second-order valence-electron chi connectivity index (χ2n) is 9.21. The van der Waals surface area contributed by atoms with E-state index >= 15 is 0 Å². The predicted molar refractivity (Wildman–Crippen MR) is 153 cm³/mol. The predicted octanol–water partition coefficient (Wildman–Crippen LogP) is 6.77. The van der Waals surface area contributed by atoms with E-state index in [9.17, 15) is 4.79 Å². The van der Waals surface area contributed by atoms with E-state index < -0.39 is 0 Å². The van der Waals surface area contributed by atoms with Gasteiger partial charge in [-0.1, -0.05) is 54.6 Å². The summed E-state index contributed by atoms with van der Waals surface area (Å²) in [6, 6.07) is 26.5. The highest BCUT2D eigenvalue weighted by atomic mass is 32.1. The third-order valence-corrected chi connectivity index (χ3v) is 8.86. The van der Waals surface area contributed by atoms with Gasteiger partial charge < -0.3 is 10.1 Å². The molecule has 0 fully saturated rings. The van der Waals surface area contributed by atoms with Crippen LogP contribution in [0.25, 0.3) is 20.8 Å². The SMILES string of the molecule is COc1ccc(CC(=O)Nc2sc3c(c2-c2nc4ccccc4s2)CCN(Cc2ccccc2)C3)cc1. The van der Waals surface area contributed by atoms with Crippen molar-refractivity contribution < 1.29 is 9.53 Å². The van der Waals surface area contributed by atoms with E-state index in [0.29, 0.717) is 6.42 Å². The van der Waals surface area contributed by atoms with Gasteiger partial charge in [-0.05, 0) is 47.4 Å². The molecule has 37 heavy (non-hydrogen) atoms. The molecule has 1 amide bonds. The van der Waals surface area contributed by atoms with Crippen LogP contribution in [-0.4, -0.2) is 29.4 Å². The first-order valence-electron chi connectivity index (χ1n) is 12.4. The molecule has 0 spiro atoms. The number of anilines is 1. The van der Waals surface area contributed by atoms with E-state index in [2.05, 4.69) is 52.7 Å². The number of thiophene rings is 1. The van der Waals surface area contributed by atoms with Gasteiger partial charge in [0.15, 0.2) is 0 Å². The minimum Gasteiger partial charge on any atom is -0.497 e. The van der Waals surface area contributed by atoms with Crippen molar-refractivity contribution in [2.45, 2.75) is 25.9 Å². The number of nitrogens with one attached hydrogen (secondary N) is 1. The lowest BCUT2D eigenvalue weighted by Crippen LogP contribution is -2.29. The summed E-state index contributed by atoms with van der Waals surface area (Å²) in [4.78, 5) is 21.9. The Kier molecular flexibility index (Phi) is 6.74. The molecule has 5 nitrogen and oxygen atoms in total. The topological polar surface area (TPSA) is 54.5 Å². The first-order chi connectivity index (χ1) is 18.2. The summed E-state index contributed by atoms with van der Waals surface area (Å²) in [5, 5.41) is 5.14. The second kappa shape index (κ2) is 10.5. The van der Waals surface area contributed by atoms with Crippen molar-refractivity contribution in [1.82, 2.24) is 9.88 Å². The molecule has 0 unspecified atom stereocenters. The van der Waals surface area contributed by atoms with Gasteiger partial charge in [0.05, 0.1) is 23.7 Å². The molecular formula is C30H27N3O2S2. The monoisotopic (exact) mass is 525 g/mol. The number of thiazole rings is 1. The molecule has 0 saturated carbocycles. The molecule has 0 atom stereocenters. The van der Waals surface area contributed by atoms with E-state index in [4.69, 9.17) is 9.72 Å². The third-order valence-electron chi connectivity index (χ3n) is 6.67. The lowest BCUT2D eigenvalue weighted by atomic mass is 10.0. The number of methoxy groups -OCH3 is 1. The molecule has 0 aliphatic carbocycles. The van der Waals surface area contributed by atoms with Crippen LogP contribution in [0.4, 0.5) is 5.00 Å². The molecule has 0 radical (unpaired) electrons. The largest absolute Gasteiger partial charge is 0.497 e. The van der Waals surface area contributed by atoms with Crippen molar-refractivity contribution in [3.8, 4) is 16.3 Å². The van der Waals surface area contributed by atoms with Crippen molar-refractivity contribution in [2.75, 3.05) is 19.0 Å². The zero-order valence-corrected chi connectivity index (χ0v) is 22.2. The summed E-state index contributed by atoms with van der Waals surface area (Å²) in [5.41, 5.74) is 5.70. The Bertz CT molecular complexity index is 1510. The second-order valence-corrected chi connectivity index (χ2v) is 11.3. The fourth-order valence-electron chi connectivity index (χ4n) is 4.83. The molecule has 3 aromatic carbocycles. The average Bonchev–Trinajstić information content (AvgIpc) is 3.50. The average molecular weight is 526 g/mol. The number of rotatable bonds is 7. The van der Waals surface area contributed by atoms with Gasteiger partial charge in [-0.2, -0.15) is 0 Å². The number of hydrogen-bond donors (Lipinski definition) is 1. The van der Waals surface area contributed by atoms with Crippen molar-refractivity contribution in [3.63, 3.8) is 0 Å². The standard InChI is InChI=1S/C30H27N3O2S2/c1-35-22-13-11-20(12-14-22)17-27(34)32-30-28(29-31-24-9-5-6-10-25(24)36-29)23-15-16-33(19-26(23)37-30)18-21-7-3-2-4-8-21/h2-14H,15-19H2,1H3,(H,32,34). The van der Waals surface area contributed by atoms with E-state index in [1.807, 2.05) is 36.4 Å². The molecule has 5 aromatic rings. The number of carbonyl (C=O) groups is 1. The van der Waals surface area contributed by atoms with Crippen LogP contribution >= 0.6 is 22.7 Å². The molecule has 1 aliphatic rings. The molecule has 6 rings (SSSR count). The lowest BCUT2D eigenvalue weighted by Gasteiger charge is -2.27. The van der Waals surface area contributed by atoms with Gasteiger partial charge in [0, 0.05) is 30.1 Å². The van der Waals surface area contributed by atoms with Crippen molar-refractivity contribution in [1.29, 1.82) is 0 Å². The molecule has 3 heterocycles. The maximum atomic E-state index is 13.1. The van der Waals surface area contributed by atoms with Gasteiger partial charge in [-0.25, -0.2) is 4.98 Å². The summed E-state index contributed by atoms with van der Waals surface area (Å²) >= 11 is 3.40. The maximum Gasteiger partial charge on any atom is 0.229 e. The fourth-order valence-corrected chi connectivity index (χ4v) is 7.24. The highest BCUT2D eigenvalue weighted by Crippen LogP contribution is 2.45. The third kappa shape index (κ3) is 5.16.